The summed E-state index contributed by atoms with van der Waals surface area (Å²) in [4.78, 5) is 0. The molecule has 0 unspecified atom stereocenters. The molecule has 3 heteroatoms. The fourth-order valence-corrected chi connectivity index (χ4v) is 2.77. The number of nitrogens with one attached hydrogen (secondary N) is 1. The van der Waals surface area contributed by atoms with Gasteiger partial charge in [-0.15, -0.1) is 0 Å². The topological polar surface area (TPSA) is 30.5 Å². The third-order valence-electron chi connectivity index (χ3n) is 4.24. The van der Waals surface area contributed by atoms with E-state index in [0.717, 1.165) is 19.8 Å². The van der Waals surface area contributed by atoms with Gasteiger partial charge in [0, 0.05) is 39.5 Å². The monoisotopic (exact) mass is 227 g/mol. The number of ether oxygens (including phenoxy) is 2. The van der Waals surface area contributed by atoms with Gasteiger partial charge in [0.15, 0.2) is 0 Å². The Labute approximate surface area is 98.9 Å². The Bertz CT molecular complexity index is 198. The van der Waals surface area contributed by atoms with Crippen molar-refractivity contribution >= 4 is 0 Å². The summed E-state index contributed by atoms with van der Waals surface area (Å²) < 4.78 is 10.6. The van der Waals surface area contributed by atoms with Crippen LogP contribution in [-0.4, -0.2) is 39.5 Å². The van der Waals surface area contributed by atoms with E-state index in [9.17, 15) is 0 Å². The number of hydrogen-bond donors (Lipinski definition) is 1. The molecule has 1 heterocycles. The molecule has 16 heavy (non-hydrogen) atoms. The first-order valence-electron chi connectivity index (χ1n) is 6.65. The quantitative estimate of drug-likeness (QED) is 0.752. The highest BCUT2D eigenvalue weighted by Gasteiger charge is 2.36. The summed E-state index contributed by atoms with van der Waals surface area (Å²) in [5.74, 6) is 0. The van der Waals surface area contributed by atoms with E-state index in [1.165, 1.54) is 45.1 Å². The van der Waals surface area contributed by atoms with Gasteiger partial charge in [-0.25, -0.2) is 0 Å². The molecule has 1 saturated heterocycles. The largest absolute Gasteiger partial charge is 0.385 e. The second kappa shape index (κ2) is 5.99. The molecule has 0 spiro atoms. The molecule has 3 nitrogen and oxygen atoms in total. The predicted octanol–water partition coefficient (Wildman–Crippen LogP) is 1.96. The smallest absolute Gasteiger partial charge is 0.0480 e. The average Bonchev–Trinajstić information content (AvgIpc) is 2.29. The van der Waals surface area contributed by atoms with Gasteiger partial charge < -0.3 is 14.8 Å². The lowest BCUT2D eigenvalue weighted by molar-refractivity contribution is 0.0479. The van der Waals surface area contributed by atoms with E-state index in [1.807, 2.05) is 0 Å². The van der Waals surface area contributed by atoms with Gasteiger partial charge in [0.05, 0.1) is 0 Å². The van der Waals surface area contributed by atoms with Crippen LogP contribution < -0.4 is 5.32 Å². The maximum absolute atomic E-state index is 5.38. The van der Waals surface area contributed by atoms with E-state index in [2.05, 4.69) is 5.32 Å². The second-order valence-corrected chi connectivity index (χ2v) is 5.36. The molecule has 94 valence electrons. The molecule has 0 radical (unpaired) electrons. The molecule has 1 saturated carbocycles. The van der Waals surface area contributed by atoms with Gasteiger partial charge >= 0.3 is 0 Å². The van der Waals surface area contributed by atoms with Crippen LogP contribution in [0.1, 0.15) is 38.5 Å². The van der Waals surface area contributed by atoms with Crippen LogP contribution in [0.25, 0.3) is 0 Å². The molecule has 2 aliphatic rings. The zero-order valence-corrected chi connectivity index (χ0v) is 10.5. The van der Waals surface area contributed by atoms with E-state index in [-0.39, 0.29) is 0 Å². The molecule has 2 fully saturated rings. The van der Waals surface area contributed by atoms with E-state index in [0.29, 0.717) is 11.5 Å². The Morgan fingerprint density at radius 2 is 2.06 bits per heavy atom. The Balaban J connectivity index is 1.69. The van der Waals surface area contributed by atoms with Gasteiger partial charge in [-0.2, -0.15) is 0 Å². The highest BCUT2D eigenvalue weighted by atomic mass is 16.5. The minimum atomic E-state index is 0.550. The van der Waals surface area contributed by atoms with Gasteiger partial charge in [0.1, 0.15) is 0 Å². The zero-order valence-electron chi connectivity index (χ0n) is 10.5. The number of methoxy groups -OCH3 is 1. The van der Waals surface area contributed by atoms with Crippen molar-refractivity contribution in [3.05, 3.63) is 0 Å². The van der Waals surface area contributed by atoms with Crippen molar-refractivity contribution in [3.8, 4) is 0 Å². The van der Waals surface area contributed by atoms with Crippen molar-refractivity contribution in [2.45, 2.75) is 44.6 Å². The lowest BCUT2D eigenvalue weighted by atomic mass is 9.66. The Morgan fingerprint density at radius 1 is 1.31 bits per heavy atom. The van der Waals surface area contributed by atoms with Gasteiger partial charge in [0.2, 0.25) is 0 Å². The zero-order chi connectivity index (χ0) is 11.3. The lowest BCUT2D eigenvalue weighted by Gasteiger charge is -2.43. The Morgan fingerprint density at radius 3 is 2.62 bits per heavy atom. The fourth-order valence-electron chi connectivity index (χ4n) is 2.77. The maximum atomic E-state index is 5.38. The Hall–Kier alpha value is -0.120. The van der Waals surface area contributed by atoms with Crippen molar-refractivity contribution < 1.29 is 9.47 Å². The van der Waals surface area contributed by atoms with Crippen molar-refractivity contribution in [2.75, 3.05) is 33.5 Å². The van der Waals surface area contributed by atoms with Crippen LogP contribution in [0.3, 0.4) is 0 Å². The van der Waals surface area contributed by atoms with Crippen LogP contribution in [0, 0.1) is 5.41 Å². The van der Waals surface area contributed by atoms with Crippen LogP contribution in [-0.2, 0) is 9.47 Å². The first-order chi connectivity index (χ1) is 7.85. The third-order valence-corrected chi connectivity index (χ3v) is 4.24. The van der Waals surface area contributed by atoms with E-state index in [4.69, 9.17) is 9.47 Å². The van der Waals surface area contributed by atoms with Gasteiger partial charge in [-0.1, -0.05) is 6.42 Å². The summed E-state index contributed by atoms with van der Waals surface area (Å²) in [6.07, 6.45) is 7.75. The molecule has 0 amide bonds. The fraction of sp³-hybridized carbons (Fsp3) is 1.00. The Kier molecular flexibility index (Phi) is 4.62. The van der Waals surface area contributed by atoms with Crippen LogP contribution >= 0.6 is 0 Å². The van der Waals surface area contributed by atoms with Crippen LogP contribution in [0.4, 0.5) is 0 Å². The summed E-state index contributed by atoms with van der Waals surface area (Å²) in [6.45, 7) is 3.96. The molecular formula is C13H25NO2. The van der Waals surface area contributed by atoms with Crippen LogP contribution in [0.2, 0.25) is 0 Å². The first-order valence-corrected chi connectivity index (χ1v) is 6.65. The van der Waals surface area contributed by atoms with Crippen molar-refractivity contribution in [1.82, 2.24) is 5.32 Å². The average molecular weight is 227 g/mol. The van der Waals surface area contributed by atoms with E-state index < -0.39 is 0 Å². The van der Waals surface area contributed by atoms with Crippen LogP contribution in [0.15, 0.2) is 0 Å². The SMILES string of the molecule is COCCC1(CNC2CCOCC2)CCC1. The van der Waals surface area contributed by atoms with Gasteiger partial charge in [-0.05, 0) is 37.5 Å². The van der Waals surface area contributed by atoms with Gasteiger partial charge in [-0.3, -0.25) is 0 Å². The van der Waals surface area contributed by atoms with Crippen molar-refractivity contribution in [1.29, 1.82) is 0 Å². The molecule has 2 rings (SSSR count). The molecule has 0 atom stereocenters. The molecule has 1 aliphatic heterocycles. The number of rotatable bonds is 6. The third kappa shape index (κ3) is 3.19. The summed E-state index contributed by atoms with van der Waals surface area (Å²) in [6, 6.07) is 0.689. The summed E-state index contributed by atoms with van der Waals surface area (Å²) in [7, 11) is 1.80. The molecule has 1 aliphatic carbocycles. The van der Waals surface area contributed by atoms with Gasteiger partial charge in [0.25, 0.3) is 0 Å². The molecule has 0 aromatic heterocycles. The summed E-state index contributed by atoms with van der Waals surface area (Å²) >= 11 is 0. The highest BCUT2D eigenvalue weighted by Crippen LogP contribution is 2.43. The lowest BCUT2D eigenvalue weighted by Crippen LogP contribution is -2.45. The summed E-state index contributed by atoms with van der Waals surface area (Å²) in [5, 5.41) is 3.74. The minimum Gasteiger partial charge on any atom is -0.385 e. The standard InChI is InChI=1S/C13H25NO2/c1-15-10-7-13(5-2-6-13)11-14-12-3-8-16-9-4-12/h12,14H,2-11H2,1H3. The molecule has 1 N–H and O–H groups in total. The second-order valence-electron chi connectivity index (χ2n) is 5.36. The van der Waals surface area contributed by atoms with Crippen molar-refractivity contribution in [2.24, 2.45) is 5.41 Å². The first kappa shape index (κ1) is 12.3. The molecule has 0 bridgehead atoms. The summed E-state index contributed by atoms with van der Waals surface area (Å²) in [5.41, 5.74) is 0.550. The van der Waals surface area contributed by atoms with Crippen LogP contribution in [0.5, 0.6) is 0 Å². The highest BCUT2D eigenvalue weighted by molar-refractivity contribution is 4.90. The normalized spacial score (nSPS) is 25.3. The van der Waals surface area contributed by atoms with Crippen molar-refractivity contribution in [3.63, 3.8) is 0 Å². The minimum absolute atomic E-state index is 0.550. The van der Waals surface area contributed by atoms with E-state index in [1.54, 1.807) is 7.11 Å². The molecule has 0 aromatic carbocycles. The molecular weight excluding hydrogens is 202 g/mol. The number of hydrogen-bond acceptors (Lipinski definition) is 3. The molecule has 0 aromatic rings. The van der Waals surface area contributed by atoms with E-state index >= 15 is 0 Å². The predicted molar refractivity (Wildman–Crippen MR) is 64.6 cm³/mol. The maximum Gasteiger partial charge on any atom is 0.0480 e.